The topological polar surface area (TPSA) is 35.5 Å². The standard InChI is InChI=1S/C11H10Cl2O3/c1-3-10(14)16-7(2)15-9-6-4-5-8(12)11(9)13/h3-7H,1H2,2H3. The van der Waals surface area contributed by atoms with Crippen molar-refractivity contribution in [1.82, 2.24) is 0 Å². The maximum atomic E-state index is 10.9. The van der Waals surface area contributed by atoms with Crippen LogP contribution in [0.25, 0.3) is 0 Å². The van der Waals surface area contributed by atoms with Crippen LogP contribution in [0.3, 0.4) is 0 Å². The summed E-state index contributed by atoms with van der Waals surface area (Å²) in [7, 11) is 0. The summed E-state index contributed by atoms with van der Waals surface area (Å²) in [5, 5.41) is 0.659. The summed E-state index contributed by atoms with van der Waals surface area (Å²) in [6.07, 6.45) is 0.292. The van der Waals surface area contributed by atoms with Crippen LogP contribution in [0.4, 0.5) is 0 Å². The summed E-state index contributed by atoms with van der Waals surface area (Å²) < 4.78 is 10.1. The molecule has 0 spiro atoms. The van der Waals surface area contributed by atoms with Crippen molar-refractivity contribution >= 4 is 29.2 Å². The van der Waals surface area contributed by atoms with Gasteiger partial charge >= 0.3 is 5.97 Å². The predicted molar refractivity (Wildman–Crippen MR) is 62.8 cm³/mol. The lowest BCUT2D eigenvalue weighted by Gasteiger charge is -2.15. The third-order valence-electron chi connectivity index (χ3n) is 1.66. The van der Waals surface area contributed by atoms with Crippen LogP contribution < -0.4 is 4.74 Å². The summed E-state index contributed by atoms with van der Waals surface area (Å²) in [4.78, 5) is 10.9. The van der Waals surface area contributed by atoms with Gasteiger partial charge in [-0.25, -0.2) is 4.79 Å². The van der Waals surface area contributed by atoms with E-state index in [2.05, 4.69) is 6.58 Å². The second kappa shape index (κ2) is 5.77. The first-order valence-corrected chi connectivity index (χ1v) is 5.24. The van der Waals surface area contributed by atoms with E-state index in [0.29, 0.717) is 10.8 Å². The Balaban J connectivity index is 2.69. The first kappa shape index (κ1) is 12.9. The van der Waals surface area contributed by atoms with Crippen molar-refractivity contribution in [1.29, 1.82) is 0 Å². The van der Waals surface area contributed by atoms with Crippen molar-refractivity contribution in [2.75, 3.05) is 0 Å². The zero-order valence-electron chi connectivity index (χ0n) is 8.57. The Morgan fingerprint density at radius 1 is 1.50 bits per heavy atom. The van der Waals surface area contributed by atoms with Gasteiger partial charge in [0, 0.05) is 13.0 Å². The Kier molecular flexibility index (Phi) is 4.65. The van der Waals surface area contributed by atoms with E-state index >= 15 is 0 Å². The van der Waals surface area contributed by atoms with Gasteiger partial charge in [0.2, 0.25) is 6.29 Å². The minimum absolute atomic E-state index is 0.283. The van der Waals surface area contributed by atoms with Crippen molar-refractivity contribution in [3.05, 3.63) is 40.9 Å². The Hall–Kier alpha value is -1.19. The van der Waals surface area contributed by atoms with Crippen LogP contribution in [-0.2, 0) is 9.53 Å². The highest BCUT2D eigenvalue weighted by Gasteiger charge is 2.11. The van der Waals surface area contributed by atoms with Crippen LogP contribution >= 0.6 is 23.2 Å². The highest BCUT2D eigenvalue weighted by molar-refractivity contribution is 6.42. The maximum Gasteiger partial charge on any atom is 0.333 e. The molecule has 0 bridgehead atoms. The fraction of sp³-hybridized carbons (Fsp3) is 0.182. The van der Waals surface area contributed by atoms with Gasteiger partial charge in [0.05, 0.1) is 5.02 Å². The number of rotatable bonds is 4. The molecule has 16 heavy (non-hydrogen) atoms. The molecule has 0 aliphatic rings. The summed E-state index contributed by atoms with van der Waals surface area (Å²) in [6.45, 7) is 4.84. The number of carbonyl (C=O) groups excluding carboxylic acids is 1. The molecule has 1 atom stereocenters. The molecule has 0 N–H and O–H groups in total. The number of benzene rings is 1. The molecule has 0 aliphatic heterocycles. The first-order chi connectivity index (χ1) is 7.54. The van der Waals surface area contributed by atoms with Gasteiger partial charge in [-0.15, -0.1) is 0 Å². The van der Waals surface area contributed by atoms with Crippen molar-refractivity contribution in [2.24, 2.45) is 0 Å². The van der Waals surface area contributed by atoms with Gasteiger partial charge in [-0.2, -0.15) is 0 Å². The number of hydrogen-bond acceptors (Lipinski definition) is 3. The minimum atomic E-state index is -0.763. The molecule has 0 saturated carbocycles. The smallest absolute Gasteiger partial charge is 0.333 e. The largest absolute Gasteiger partial charge is 0.453 e. The number of esters is 1. The Morgan fingerprint density at radius 2 is 2.19 bits per heavy atom. The lowest BCUT2D eigenvalue weighted by Crippen LogP contribution is -2.19. The number of hydrogen-bond donors (Lipinski definition) is 0. The van der Waals surface area contributed by atoms with E-state index in [-0.39, 0.29) is 5.02 Å². The van der Waals surface area contributed by atoms with E-state index in [1.807, 2.05) is 0 Å². The molecule has 0 heterocycles. The fourth-order valence-electron chi connectivity index (χ4n) is 0.990. The highest BCUT2D eigenvalue weighted by Crippen LogP contribution is 2.32. The van der Waals surface area contributed by atoms with Gasteiger partial charge in [-0.3, -0.25) is 0 Å². The number of halogens is 2. The van der Waals surface area contributed by atoms with E-state index < -0.39 is 12.3 Å². The van der Waals surface area contributed by atoms with E-state index in [4.69, 9.17) is 32.7 Å². The Morgan fingerprint density at radius 3 is 2.81 bits per heavy atom. The van der Waals surface area contributed by atoms with Crippen LogP contribution in [0, 0.1) is 0 Å². The van der Waals surface area contributed by atoms with Crippen LogP contribution in [0.1, 0.15) is 6.92 Å². The average molecular weight is 261 g/mol. The first-order valence-electron chi connectivity index (χ1n) is 4.48. The lowest BCUT2D eigenvalue weighted by atomic mass is 10.3. The zero-order chi connectivity index (χ0) is 12.1. The van der Waals surface area contributed by atoms with E-state index in [1.165, 1.54) is 0 Å². The van der Waals surface area contributed by atoms with Crippen LogP contribution in [0.15, 0.2) is 30.9 Å². The van der Waals surface area contributed by atoms with E-state index in [1.54, 1.807) is 25.1 Å². The fourth-order valence-corrected chi connectivity index (χ4v) is 1.33. The second-order valence-corrected chi connectivity index (χ2v) is 3.66. The van der Waals surface area contributed by atoms with Crippen molar-refractivity contribution in [3.63, 3.8) is 0 Å². The summed E-state index contributed by atoms with van der Waals surface area (Å²) in [5.74, 6) is -0.204. The third kappa shape index (κ3) is 3.43. The van der Waals surface area contributed by atoms with Crippen LogP contribution in [-0.4, -0.2) is 12.3 Å². The summed E-state index contributed by atoms with van der Waals surface area (Å²) >= 11 is 11.7. The quantitative estimate of drug-likeness (QED) is 0.473. The SMILES string of the molecule is C=CC(=O)OC(C)Oc1cccc(Cl)c1Cl. The van der Waals surface area contributed by atoms with Gasteiger partial charge in [-0.05, 0) is 12.1 Å². The van der Waals surface area contributed by atoms with E-state index in [9.17, 15) is 4.79 Å². The molecule has 0 saturated heterocycles. The molecule has 0 radical (unpaired) electrons. The average Bonchev–Trinajstić information content (AvgIpc) is 2.24. The van der Waals surface area contributed by atoms with Gasteiger partial charge in [0.1, 0.15) is 10.8 Å². The third-order valence-corrected chi connectivity index (χ3v) is 2.46. The van der Waals surface area contributed by atoms with Crippen molar-refractivity contribution < 1.29 is 14.3 Å². The maximum absolute atomic E-state index is 10.9. The molecule has 1 aromatic rings. The van der Waals surface area contributed by atoms with Crippen LogP contribution in [0.2, 0.25) is 10.0 Å². The van der Waals surface area contributed by atoms with Gasteiger partial charge in [0.25, 0.3) is 0 Å². The second-order valence-electron chi connectivity index (χ2n) is 2.88. The van der Waals surface area contributed by atoms with Crippen molar-refractivity contribution in [2.45, 2.75) is 13.2 Å². The Labute approximate surface area is 104 Å². The molecule has 0 aromatic heterocycles. The van der Waals surface area contributed by atoms with Gasteiger partial charge in [-0.1, -0.05) is 35.8 Å². The summed E-state index contributed by atoms with van der Waals surface area (Å²) in [5.41, 5.74) is 0. The minimum Gasteiger partial charge on any atom is -0.453 e. The molecule has 3 nitrogen and oxygen atoms in total. The molecule has 1 unspecified atom stereocenters. The molecule has 0 fully saturated rings. The van der Waals surface area contributed by atoms with E-state index in [0.717, 1.165) is 6.08 Å². The van der Waals surface area contributed by atoms with Crippen molar-refractivity contribution in [3.8, 4) is 5.75 Å². The summed E-state index contributed by atoms with van der Waals surface area (Å²) in [6, 6.07) is 4.95. The number of ether oxygens (including phenoxy) is 2. The molecule has 0 aliphatic carbocycles. The normalized spacial score (nSPS) is 11.7. The Bertz CT molecular complexity index is 404. The molecule has 1 aromatic carbocycles. The zero-order valence-corrected chi connectivity index (χ0v) is 10.1. The molecular formula is C11H10Cl2O3. The molecule has 0 amide bonds. The number of carbonyl (C=O) groups is 1. The van der Waals surface area contributed by atoms with Crippen LogP contribution in [0.5, 0.6) is 5.75 Å². The molecular weight excluding hydrogens is 251 g/mol. The molecule has 1 rings (SSSR count). The lowest BCUT2D eigenvalue weighted by molar-refractivity contribution is -0.154. The van der Waals surface area contributed by atoms with Gasteiger partial charge in [0.15, 0.2) is 0 Å². The molecule has 86 valence electrons. The highest BCUT2D eigenvalue weighted by atomic mass is 35.5. The predicted octanol–water partition coefficient (Wildman–Crippen LogP) is 3.45. The molecule has 5 heteroatoms. The van der Waals surface area contributed by atoms with Gasteiger partial charge < -0.3 is 9.47 Å². The monoisotopic (exact) mass is 260 g/mol.